The second-order valence-corrected chi connectivity index (χ2v) is 6.21. The maximum Gasteiger partial charge on any atom is 0.323 e. The molecule has 0 fully saturated rings. The van der Waals surface area contributed by atoms with Crippen LogP contribution in [0.1, 0.15) is 11.1 Å². The molecule has 1 heterocycles. The summed E-state index contributed by atoms with van der Waals surface area (Å²) < 4.78 is 5.17. The standard InChI is InChI=1S/C18H13Cl2NO4/c1-25-11-3-4-12-13(6-10-2-5-14(19)15(20)7-10)18(24)21(9-17(22)23)16(12)8-11/h2-8H,9H2,1H3,(H,22,23). The Morgan fingerprint density at radius 2 is 1.96 bits per heavy atom. The van der Waals surface area contributed by atoms with Gasteiger partial charge in [-0.05, 0) is 35.9 Å². The molecule has 1 aliphatic rings. The molecular weight excluding hydrogens is 365 g/mol. The number of carbonyl (C=O) groups is 2. The average Bonchev–Trinajstić information content (AvgIpc) is 2.83. The Labute approximate surface area is 154 Å². The van der Waals surface area contributed by atoms with Crippen LogP contribution in [0.4, 0.5) is 5.69 Å². The molecule has 0 aromatic heterocycles. The van der Waals surface area contributed by atoms with E-state index in [2.05, 4.69) is 0 Å². The summed E-state index contributed by atoms with van der Waals surface area (Å²) in [5.74, 6) is -0.952. The van der Waals surface area contributed by atoms with Crippen molar-refractivity contribution in [1.29, 1.82) is 0 Å². The molecule has 0 unspecified atom stereocenters. The Morgan fingerprint density at radius 3 is 2.60 bits per heavy atom. The van der Waals surface area contributed by atoms with E-state index in [4.69, 9.17) is 33.0 Å². The van der Waals surface area contributed by atoms with Crippen LogP contribution < -0.4 is 9.64 Å². The molecule has 2 aromatic carbocycles. The second-order valence-electron chi connectivity index (χ2n) is 5.40. The number of rotatable bonds is 4. The van der Waals surface area contributed by atoms with Crippen LogP contribution in [0.25, 0.3) is 11.6 Å². The Morgan fingerprint density at radius 1 is 1.20 bits per heavy atom. The van der Waals surface area contributed by atoms with E-state index < -0.39 is 18.4 Å². The first-order valence-electron chi connectivity index (χ1n) is 7.29. The number of amides is 1. The molecule has 0 bridgehead atoms. The number of anilines is 1. The van der Waals surface area contributed by atoms with Gasteiger partial charge in [0.05, 0.1) is 22.8 Å². The molecule has 3 rings (SSSR count). The van der Waals surface area contributed by atoms with Crippen molar-refractivity contribution in [3.63, 3.8) is 0 Å². The van der Waals surface area contributed by atoms with Crippen LogP contribution in [0, 0.1) is 0 Å². The number of fused-ring (bicyclic) bond motifs is 1. The lowest BCUT2D eigenvalue weighted by Crippen LogP contribution is -2.32. The third-order valence-corrected chi connectivity index (χ3v) is 4.55. The van der Waals surface area contributed by atoms with Gasteiger partial charge in [-0.25, -0.2) is 0 Å². The van der Waals surface area contributed by atoms with E-state index in [1.54, 1.807) is 42.5 Å². The number of hydrogen-bond acceptors (Lipinski definition) is 3. The first kappa shape index (κ1) is 17.3. The number of carboxylic acid groups (broad SMARTS) is 1. The minimum Gasteiger partial charge on any atom is -0.497 e. The van der Waals surface area contributed by atoms with Crippen LogP contribution in [0.2, 0.25) is 10.0 Å². The van der Waals surface area contributed by atoms with E-state index in [0.717, 1.165) is 0 Å². The molecule has 25 heavy (non-hydrogen) atoms. The molecule has 0 atom stereocenters. The molecule has 1 N–H and O–H groups in total. The number of hydrogen-bond donors (Lipinski definition) is 1. The molecule has 7 heteroatoms. The van der Waals surface area contributed by atoms with Crippen LogP contribution in [0.5, 0.6) is 5.75 Å². The third kappa shape index (κ3) is 3.34. The van der Waals surface area contributed by atoms with Crippen molar-refractivity contribution in [3.05, 3.63) is 57.6 Å². The molecule has 0 aliphatic carbocycles. The largest absolute Gasteiger partial charge is 0.497 e. The normalized spacial score (nSPS) is 14.8. The molecular formula is C18H13Cl2NO4. The number of methoxy groups -OCH3 is 1. The number of ether oxygens (including phenoxy) is 1. The molecule has 1 aliphatic heterocycles. The van der Waals surface area contributed by atoms with Crippen molar-refractivity contribution >= 4 is 52.4 Å². The predicted molar refractivity (Wildman–Crippen MR) is 97.3 cm³/mol. The lowest BCUT2D eigenvalue weighted by Gasteiger charge is -2.14. The second kappa shape index (κ2) is 6.78. The highest BCUT2D eigenvalue weighted by molar-refractivity contribution is 6.42. The minimum absolute atomic E-state index is 0.374. The minimum atomic E-state index is -1.10. The van der Waals surface area contributed by atoms with E-state index in [1.807, 2.05) is 0 Å². The maximum absolute atomic E-state index is 12.7. The van der Waals surface area contributed by atoms with Crippen molar-refractivity contribution < 1.29 is 19.4 Å². The number of aliphatic carboxylic acids is 1. The molecule has 0 saturated heterocycles. The number of benzene rings is 2. The van der Waals surface area contributed by atoms with Gasteiger partial charge in [-0.2, -0.15) is 0 Å². The van der Waals surface area contributed by atoms with Gasteiger partial charge in [-0.1, -0.05) is 29.3 Å². The zero-order valence-electron chi connectivity index (χ0n) is 13.1. The topological polar surface area (TPSA) is 66.8 Å². The van der Waals surface area contributed by atoms with Gasteiger partial charge in [-0.3, -0.25) is 14.5 Å². The Kier molecular flexibility index (Phi) is 4.70. The van der Waals surface area contributed by atoms with Gasteiger partial charge in [-0.15, -0.1) is 0 Å². The first-order chi connectivity index (χ1) is 11.9. The van der Waals surface area contributed by atoms with E-state index in [9.17, 15) is 9.59 Å². The summed E-state index contributed by atoms with van der Waals surface area (Å²) in [7, 11) is 1.51. The van der Waals surface area contributed by atoms with Crippen molar-refractivity contribution in [3.8, 4) is 5.75 Å². The van der Waals surface area contributed by atoms with E-state index in [1.165, 1.54) is 12.0 Å². The van der Waals surface area contributed by atoms with Gasteiger partial charge >= 0.3 is 5.97 Å². The lowest BCUT2D eigenvalue weighted by atomic mass is 10.0. The summed E-state index contributed by atoms with van der Waals surface area (Å²) in [6.07, 6.45) is 1.66. The van der Waals surface area contributed by atoms with Gasteiger partial charge in [0, 0.05) is 17.2 Å². The summed E-state index contributed by atoms with van der Waals surface area (Å²) in [6, 6.07) is 10.1. The SMILES string of the molecule is COc1ccc2c(c1)N(CC(=O)O)C(=O)C2=Cc1ccc(Cl)c(Cl)c1. The Hall–Kier alpha value is -2.50. The predicted octanol–water partition coefficient (Wildman–Crippen LogP) is 3.97. The Bertz CT molecular complexity index is 908. The van der Waals surface area contributed by atoms with Crippen molar-refractivity contribution in [1.82, 2.24) is 0 Å². The van der Waals surface area contributed by atoms with Gasteiger partial charge in [0.15, 0.2) is 0 Å². The van der Waals surface area contributed by atoms with E-state index in [-0.39, 0.29) is 0 Å². The van der Waals surface area contributed by atoms with Crippen LogP contribution in [-0.4, -0.2) is 30.6 Å². The van der Waals surface area contributed by atoms with Crippen molar-refractivity contribution in [2.24, 2.45) is 0 Å². The summed E-state index contributed by atoms with van der Waals surface area (Å²) in [6.45, 7) is -0.433. The lowest BCUT2D eigenvalue weighted by molar-refractivity contribution is -0.136. The maximum atomic E-state index is 12.7. The molecule has 0 radical (unpaired) electrons. The molecule has 128 valence electrons. The van der Waals surface area contributed by atoms with Crippen LogP contribution in [0.3, 0.4) is 0 Å². The zero-order chi connectivity index (χ0) is 18.1. The summed E-state index contributed by atoms with van der Waals surface area (Å²) >= 11 is 11.9. The number of nitrogens with zero attached hydrogens (tertiary/aromatic N) is 1. The first-order valence-corrected chi connectivity index (χ1v) is 8.05. The van der Waals surface area contributed by atoms with Crippen LogP contribution in [-0.2, 0) is 9.59 Å². The van der Waals surface area contributed by atoms with Crippen LogP contribution >= 0.6 is 23.2 Å². The van der Waals surface area contributed by atoms with Gasteiger partial charge in [0.1, 0.15) is 12.3 Å². The highest BCUT2D eigenvalue weighted by Crippen LogP contribution is 2.40. The average molecular weight is 378 g/mol. The van der Waals surface area contributed by atoms with Gasteiger partial charge < -0.3 is 9.84 Å². The van der Waals surface area contributed by atoms with Crippen LogP contribution in [0.15, 0.2) is 36.4 Å². The van der Waals surface area contributed by atoms with Gasteiger partial charge in [0.25, 0.3) is 5.91 Å². The van der Waals surface area contributed by atoms with Gasteiger partial charge in [0.2, 0.25) is 0 Å². The van der Waals surface area contributed by atoms with Crippen molar-refractivity contribution in [2.45, 2.75) is 0 Å². The smallest absolute Gasteiger partial charge is 0.323 e. The number of carbonyl (C=O) groups excluding carboxylic acids is 1. The highest BCUT2D eigenvalue weighted by Gasteiger charge is 2.34. The number of carboxylic acids is 1. The summed E-state index contributed by atoms with van der Waals surface area (Å²) in [5.41, 5.74) is 2.21. The molecule has 5 nitrogen and oxygen atoms in total. The van der Waals surface area contributed by atoms with E-state index >= 15 is 0 Å². The molecule has 0 saturated carbocycles. The molecule has 1 amide bonds. The fraction of sp³-hybridized carbons (Fsp3) is 0.111. The fourth-order valence-electron chi connectivity index (χ4n) is 2.66. The quantitative estimate of drug-likeness (QED) is 0.818. The monoisotopic (exact) mass is 377 g/mol. The molecule has 0 spiro atoms. The third-order valence-electron chi connectivity index (χ3n) is 3.81. The number of halogens is 2. The van der Waals surface area contributed by atoms with E-state index in [0.29, 0.717) is 38.2 Å². The zero-order valence-corrected chi connectivity index (χ0v) is 14.6. The Balaban J connectivity index is 2.11. The fourth-order valence-corrected chi connectivity index (χ4v) is 2.97. The highest BCUT2D eigenvalue weighted by atomic mass is 35.5. The summed E-state index contributed by atoms with van der Waals surface area (Å²) in [4.78, 5) is 25.1. The summed E-state index contributed by atoms with van der Waals surface area (Å²) in [5, 5.41) is 9.90. The molecule has 2 aromatic rings. The van der Waals surface area contributed by atoms with Crippen molar-refractivity contribution in [2.75, 3.05) is 18.6 Å².